The Hall–Kier alpha value is -2.66. The van der Waals surface area contributed by atoms with Crippen molar-refractivity contribution in [3.05, 3.63) is 60.7 Å². The molecule has 0 radical (unpaired) electrons. The molecule has 0 aromatic heterocycles. The van der Waals surface area contributed by atoms with Crippen LogP contribution in [0.1, 0.15) is 91.9 Å². The Morgan fingerprint density at radius 1 is 0.611 bits per heavy atom. The molecule has 0 bridgehead atoms. The van der Waals surface area contributed by atoms with Gasteiger partial charge < -0.3 is 15.3 Å². The van der Waals surface area contributed by atoms with E-state index in [9.17, 15) is 14.7 Å². The maximum absolute atomic E-state index is 11.0. The fourth-order valence-electron chi connectivity index (χ4n) is 3.87. The Balaban J connectivity index is 0.000000442. The molecular formula is C31H46O5. The van der Waals surface area contributed by atoms with Crippen LogP contribution in [0.3, 0.4) is 0 Å². The lowest BCUT2D eigenvalue weighted by Gasteiger charge is -2.19. The van der Waals surface area contributed by atoms with E-state index in [2.05, 4.69) is 48.5 Å². The Morgan fingerprint density at radius 2 is 0.944 bits per heavy atom. The minimum atomic E-state index is -0.756. The van der Waals surface area contributed by atoms with Crippen molar-refractivity contribution in [2.45, 2.75) is 98.0 Å². The molecule has 0 atom stereocenters. The summed E-state index contributed by atoms with van der Waals surface area (Å²) in [5.74, 6) is -1.51. The second-order valence-corrected chi connectivity index (χ2v) is 11.0. The second-order valence-electron chi connectivity index (χ2n) is 11.0. The second kappa shape index (κ2) is 16.2. The molecule has 0 saturated carbocycles. The fourth-order valence-corrected chi connectivity index (χ4v) is 3.87. The van der Waals surface area contributed by atoms with Gasteiger partial charge in [0.05, 0.1) is 16.9 Å². The van der Waals surface area contributed by atoms with E-state index in [-0.39, 0.29) is 6.10 Å². The molecule has 36 heavy (non-hydrogen) atoms. The number of rotatable bonds is 15. The zero-order valence-electron chi connectivity index (χ0n) is 22.6. The highest BCUT2D eigenvalue weighted by molar-refractivity contribution is 5.73. The molecule has 0 amide bonds. The van der Waals surface area contributed by atoms with E-state index in [1.165, 1.54) is 11.1 Å². The van der Waals surface area contributed by atoms with Gasteiger partial charge in [-0.3, -0.25) is 9.59 Å². The highest BCUT2D eigenvalue weighted by Crippen LogP contribution is 2.25. The van der Waals surface area contributed by atoms with E-state index in [1.54, 1.807) is 27.7 Å². The van der Waals surface area contributed by atoms with Crippen molar-refractivity contribution in [1.82, 2.24) is 0 Å². The molecule has 0 aliphatic heterocycles. The molecule has 5 heteroatoms. The molecule has 200 valence electrons. The van der Waals surface area contributed by atoms with Gasteiger partial charge in [0.2, 0.25) is 0 Å². The van der Waals surface area contributed by atoms with Crippen LogP contribution in [0.15, 0.2) is 60.7 Å². The van der Waals surface area contributed by atoms with E-state index in [4.69, 9.17) is 10.2 Å². The van der Waals surface area contributed by atoms with E-state index in [0.29, 0.717) is 12.8 Å². The number of aliphatic hydroxyl groups is 1. The molecule has 3 N–H and O–H groups in total. The first kappa shape index (κ1) is 31.4. The summed E-state index contributed by atoms with van der Waals surface area (Å²) >= 11 is 0. The van der Waals surface area contributed by atoms with Gasteiger partial charge in [0.1, 0.15) is 0 Å². The van der Waals surface area contributed by atoms with Crippen molar-refractivity contribution < 1.29 is 24.9 Å². The molecule has 2 rings (SSSR count). The number of benzene rings is 2. The summed E-state index contributed by atoms with van der Waals surface area (Å²) in [5, 5.41) is 28.0. The smallest absolute Gasteiger partial charge is 0.309 e. The molecule has 0 aliphatic carbocycles. The van der Waals surface area contributed by atoms with Gasteiger partial charge in [-0.1, -0.05) is 99.2 Å². The molecule has 2 aromatic rings. The number of aliphatic carboxylic acids is 2. The van der Waals surface area contributed by atoms with Crippen LogP contribution in [0, 0.1) is 10.8 Å². The van der Waals surface area contributed by atoms with Gasteiger partial charge in [-0.15, -0.1) is 0 Å². The number of unbranched alkanes of at least 4 members (excludes halogenated alkanes) is 4. The summed E-state index contributed by atoms with van der Waals surface area (Å²) < 4.78 is 0. The normalized spacial score (nSPS) is 11.6. The lowest BCUT2D eigenvalue weighted by Crippen LogP contribution is -2.23. The van der Waals surface area contributed by atoms with Crippen molar-refractivity contribution in [3.8, 4) is 11.1 Å². The first-order chi connectivity index (χ1) is 17.0. The number of aliphatic hydroxyl groups excluding tert-OH is 1. The maximum Gasteiger partial charge on any atom is 0.309 e. The number of carboxylic acid groups (broad SMARTS) is 2. The molecule has 5 nitrogen and oxygen atoms in total. The number of carbonyl (C=O) groups is 2. The summed E-state index contributed by atoms with van der Waals surface area (Å²) in [4.78, 5) is 22.0. The zero-order valence-corrected chi connectivity index (χ0v) is 22.6. The lowest BCUT2D eigenvalue weighted by molar-refractivity contribution is -0.148. The Labute approximate surface area is 217 Å². The third-order valence-electron chi connectivity index (χ3n) is 6.72. The van der Waals surface area contributed by atoms with Crippen LogP contribution in [0.25, 0.3) is 11.1 Å². The molecular weight excluding hydrogens is 452 g/mol. The molecule has 2 aromatic carbocycles. The minimum Gasteiger partial charge on any atom is -0.481 e. The summed E-state index contributed by atoms with van der Waals surface area (Å²) in [6, 6.07) is 20.8. The van der Waals surface area contributed by atoms with E-state index in [1.807, 2.05) is 12.1 Å². The minimum absolute atomic E-state index is 0.301. The number of carboxylic acids is 2. The van der Waals surface area contributed by atoms with Crippen molar-refractivity contribution in [1.29, 1.82) is 0 Å². The number of hydrogen-bond donors (Lipinski definition) is 3. The Morgan fingerprint density at radius 3 is 1.25 bits per heavy atom. The molecule has 0 fully saturated rings. The van der Waals surface area contributed by atoms with Crippen LogP contribution in [0.2, 0.25) is 0 Å². The Kier molecular flexibility index (Phi) is 14.1. The summed E-state index contributed by atoms with van der Waals surface area (Å²) in [7, 11) is 0. The molecule has 0 heterocycles. The monoisotopic (exact) mass is 498 g/mol. The average molecular weight is 499 g/mol. The Bertz CT molecular complexity index is 801. The standard InChI is InChI=1S/C19H36O5.C12H10/c1-18(2,16(21)22)13-9-5-7-11-15(20)12-8-6-10-14-19(3,4)17(23)24;1-3-7-11(8-4-1)12-9-5-2-6-10-12/h15,20H,5-14H2,1-4H3,(H,21,22)(H,23,24);1-10H. The van der Waals surface area contributed by atoms with Crippen LogP contribution in [0.5, 0.6) is 0 Å². The largest absolute Gasteiger partial charge is 0.481 e. The molecule has 0 saturated heterocycles. The topological polar surface area (TPSA) is 94.8 Å². The van der Waals surface area contributed by atoms with Crippen molar-refractivity contribution in [3.63, 3.8) is 0 Å². The highest BCUT2D eigenvalue weighted by atomic mass is 16.4. The third-order valence-corrected chi connectivity index (χ3v) is 6.72. The first-order valence-corrected chi connectivity index (χ1v) is 13.2. The quantitative estimate of drug-likeness (QED) is 0.218. The van der Waals surface area contributed by atoms with Gasteiger partial charge in [-0.25, -0.2) is 0 Å². The van der Waals surface area contributed by atoms with E-state index < -0.39 is 22.8 Å². The van der Waals surface area contributed by atoms with Gasteiger partial charge in [-0.2, -0.15) is 0 Å². The summed E-state index contributed by atoms with van der Waals surface area (Å²) in [5.41, 5.74) is 1.22. The van der Waals surface area contributed by atoms with Gasteiger partial charge in [0.25, 0.3) is 0 Å². The predicted molar refractivity (Wildman–Crippen MR) is 147 cm³/mol. The molecule has 0 aliphatic rings. The fraction of sp³-hybridized carbons (Fsp3) is 0.548. The van der Waals surface area contributed by atoms with Crippen molar-refractivity contribution in [2.24, 2.45) is 10.8 Å². The highest BCUT2D eigenvalue weighted by Gasteiger charge is 2.26. The first-order valence-electron chi connectivity index (χ1n) is 13.2. The predicted octanol–water partition coefficient (Wildman–Crippen LogP) is 7.82. The maximum atomic E-state index is 11.0. The summed E-state index contributed by atoms with van der Waals surface area (Å²) in [6.07, 6.45) is 8.02. The van der Waals surface area contributed by atoms with Gasteiger partial charge in [0.15, 0.2) is 0 Å². The van der Waals surface area contributed by atoms with E-state index in [0.717, 1.165) is 51.4 Å². The SMILES string of the molecule is CC(C)(CCCCCC(O)CCCCCC(C)(C)C(=O)O)C(=O)O.c1ccc(-c2ccccc2)cc1. The van der Waals surface area contributed by atoms with Gasteiger partial charge >= 0.3 is 11.9 Å². The van der Waals surface area contributed by atoms with Crippen LogP contribution in [-0.4, -0.2) is 33.4 Å². The van der Waals surface area contributed by atoms with Crippen LogP contribution in [0.4, 0.5) is 0 Å². The number of hydrogen-bond acceptors (Lipinski definition) is 3. The van der Waals surface area contributed by atoms with Crippen LogP contribution >= 0.6 is 0 Å². The third kappa shape index (κ3) is 12.9. The van der Waals surface area contributed by atoms with Crippen molar-refractivity contribution in [2.75, 3.05) is 0 Å². The zero-order chi connectivity index (χ0) is 27.0. The van der Waals surface area contributed by atoms with Crippen molar-refractivity contribution >= 4 is 11.9 Å². The summed E-state index contributed by atoms with van der Waals surface area (Å²) in [6.45, 7) is 6.98. The van der Waals surface area contributed by atoms with Crippen LogP contribution < -0.4 is 0 Å². The average Bonchev–Trinajstić information content (AvgIpc) is 2.85. The molecule has 0 unspecified atom stereocenters. The van der Waals surface area contributed by atoms with Gasteiger partial charge in [0, 0.05) is 0 Å². The van der Waals surface area contributed by atoms with Gasteiger partial charge in [-0.05, 0) is 64.5 Å². The van der Waals surface area contributed by atoms with Crippen LogP contribution in [-0.2, 0) is 9.59 Å². The molecule has 0 spiro atoms. The lowest BCUT2D eigenvalue weighted by atomic mass is 9.86. The van der Waals surface area contributed by atoms with E-state index >= 15 is 0 Å².